The van der Waals surface area contributed by atoms with Crippen molar-refractivity contribution >= 4 is 34.2 Å². The summed E-state index contributed by atoms with van der Waals surface area (Å²) in [7, 11) is 1.69. The van der Waals surface area contributed by atoms with Crippen molar-refractivity contribution in [2.45, 2.75) is 49.5 Å². The van der Waals surface area contributed by atoms with Crippen LogP contribution in [-0.4, -0.2) is 41.6 Å². The third-order valence-electron chi connectivity index (χ3n) is 8.81. The number of carbonyl (C=O) groups is 3. The Labute approximate surface area is 232 Å². The highest BCUT2D eigenvalue weighted by Gasteiger charge is 2.82. The maximum atomic E-state index is 14.4. The van der Waals surface area contributed by atoms with Crippen molar-refractivity contribution < 1.29 is 23.9 Å². The molecule has 8 heteroatoms. The van der Waals surface area contributed by atoms with Crippen molar-refractivity contribution in [1.82, 2.24) is 5.32 Å². The van der Waals surface area contributed by atoms with Crippen LogP contribution in [-0.2, 0) is 30.5 Å². The van der Waals surface area contributed by atoms with Crippen LogP contribution in [0.25, 0.3) is 10.8 Å². The Hall–Kier alpha value is -4.32. The van der Waals surface area contributed by atoms with Gasteiger partial charge in [0.25, 0.3) is 5.91 Å². The van der Waals surface area contributed by atoms with Gasteiger partial charge in [-0.1, -0.05) is 60.7 Å². The number of nitrogens with one attached hydrogen (secondary N) is 1. The zero-order valence-electron chi connectivity index (χ0n) is 22.3. The molecule has 40 heavy (non-hydrogen) atoms. The van der Waals surface area contributed by atoms with Crippen molar-refractivity contribution in [1.29, 1.82) is 5.26 Å². The van der Waals surface area contributed by atoms with Gasteiger partial charge in [0.05, 0.1) is 28.8 Å². The van der Waals surface area contributed by atoms with Crippen LogP contribution in [0.15, 0.2) is 78.9 Å². The fraction of sp³-hybridized carbons (Fsp3) is 0.312. The molecule has 4 atom stereocenters. The highest BCUT2D eigenvalue weighted by Crippen LogP contribution is 2.64. The average Bonchev–Trinajstić information content (AvgIpc) is 3.53. The number of anilines is 1. The van der Waals surface area contributed by atoms with Gasteiger partial charge in [0.2, 0.25) is 5.91 Å². The highest BCUT2D eigenvalue weighted by atomic mass is 16.5. The lowest BCUT2D eigenvalue weighted by atomic mass is 9.62. The molecule has 0 aliphatic carbocycles. The molecular weight excluding hydrogens is 506 g/mol. The van der Waals surface area contributed by atoms with E-state index in [2.05, 4.69) is 11.4 Å². The molecule has 8 nitrogen and oxygen atoms in total. The van der Waals surface area contributed by atoms with Crippen LogP contribution in [0.2, 0.25) is 0 Å². The fourth-order valence-corrected chi connectivity index (χ4v) is 7.08. The van der Waals surface area contributed by atoms with Crippen LogP contribution in [0.1, 0.15) is 37.3 Å². The number of benzene rings is 3. The molecule has 2 amide bonds. The normalized spacial score (nSPS) is 28.8. The molecule has 3 aliphatic heterocycles. The van der Waals surface area contributed by atoms with Crippen molar-refractivity contribution in [2.75, 3.05) is 11.9 Å². The molecule has 3 aliphatic rings. The van der Waals surface area contributed by atoms with Gasteiger partial charge < -0.3 is 14.8 Å². The van der Waals surface area contributed by atoms with E-state index in [4.69, 9.17) is 9.47 Å². The van der Waals surface area contributed by atoms with Gasteiger partial charge in [0.1, 0.15) is 17.7 Å². The summed E-state index contributed by atoms with van der Waals surface area (Å²) in [5.74, 6) is -1.96. The Morgan fingerprint density at radius 1 is 1.10 bits per heavy atom. The first-order chi connectivity index (χ1) is 19.3. The Balaban J connectivity index is 1.33. The average molecular weight is 536 g/mol. The standard InChI is InChI=1S/C32H29N3O5/c1-30-17-18-31(40-30,16-8-13-26(36)39-20-21-9-4-3-5-10-21)32(34-2)27(30)28(37)35(29(32)38)25-15-14-22(19-33)23-11-6-7-12-24(23)25/h3-15,27,34H,16-18,20H2,1-2H3/b13-8+/t27?,30?,31?,32-/m1/s1. The molecule has 0 saturated carbocycles. The predicted molar refractivity (Wildman–Crippen MR) is 148 cm³/mol. The molecular formula is C32H29N3O5. The smallest absolute Gasteiger partial charge is 0.330 e. The van der Waals surface area contributed by atoms with Crippen LogP contribution < -0.4 is 10.2 Å². The van der Waals surface area contributed by atoms with E-state index in [1.165, 1.54) is 11.0 Å². The summed E-state index contributed by atoms with van der Waals surface area (Å²) in [5, 5.41) is 14.2. The number of ether oxygens (including phenoxy) is 2. The molecule has 3 heterocycles. The van der Waals surface area contributed by atoms with E-state index in [0.717, 1.165) is 5.56 Å². The molecule has 3 saturated heterocycles. The van der Waals surface area contributed by atoms with Gasteiger partial charge in [-0.2, -0.15) is 5.26 Å². The zero-order chi connectivity index (χ0) is 28.1. The van der Waals surface area contributed by atoms with Gasteiger partial charge in [-0.25, -0.2) is 9.69 Å². The third kappa shape index (κ3) is 3.55. The van der Waals surface area contributed by atoms with Crippen LogP contribution >= 0.6 is 0 Å². The summed E-state index contributed by atoms with van der Waals surface area (Å²) in [4.78, 5) is 42.3. The number of esters is 1. The predicted octanol–water partition coefficient (Wildman–Crippen LogP) is 4.17. The Bertz CT molecular complexity index is 1610. The van der Waals surface area contributed by atoms with Crippen molar-refractivity contribution in [3.63, 3.8) is 0 Å². The van der Waals surface area contributed by atoms with Gasteiger partial charge >= 0.3 is 5.97 Å². The second-order valence-corrected chi connectivity index (χ2v) is 10.9. The van der Waals surface area contributed by atoms with E-state index in [0.29, 0.717) is 34.9 Å². The lowest BCUT2D eigenvalue weighted by Gasteiger charge is -2.42. The first kappa shape index (κ1) is 25.9. The van der Waals surface area contributed by atoms with E-state index in [1.807, 2.05) is 61.5 Å². The number of amides is 2. The number of nitrogens with zero attached hydrogens (tertiary/aromatic N) is 2. The number of hydrogen-bond acceptors (Lipinski definition) is 7. The van der Waals surface area contributed by atoms with Crippen LogP contribution in [0.4, 0.5) is 5.69 Å². The van der Waals surface area contributed by atoms with Gasteiger partial charge in [0.15, 0.2) is 0 Å². The molecule has 3 unspecified atom stereocenters. The van der Waals surface area contributed by atoms with Crippen molar-refractivity contribution in [3.8, 4) is 6.07 Å². The van der Waals surface area contributed by atoms with Crippen molar-refractivity contribution in [2.24, 2.45) is 5.92 Å². The number of carbonyl (C=O) groups excluding carboxylic acids is 3. The number of nitriles is 1. The summed E-state index contributed by atoms with van der Waals surface area (Å²) in [6.45, 7) is 2.05. The summed E-state index contributed by atoms with van der Waals surface area (Å²) in [5.41, 5.74) is -1.39. The molecule has 6 rings (SSSR count). The minimum atomic E-state index is -1.32. The SMILES string of the molecule is CN[C@@]12C(=O)N(c3ccc(C#N)c4ccccc34)C(=O)C1C1(C)CCC2(C/C=C/C(=O)OCc2ccccc2)O1. The number of likely N-dealkylation sites (N-methyl/N-ethyl adjacent to an activating group) is 1. The monoisotopic (exact) mass is 535 g/mol. The zero-order valence-corrected chi connectivity index (χ0v) is 22.3. The molecule has 3 aromatic carbocycles. The minimum absolute atomic E-state index is 0.159. The summed E-state index contributed by atoms with van der Waals surface area (Å²) >= 11 is 0. The number of hydrogen-bond donors (Lipinski definition) is 1. The van der Waals surface area contributed by atoms with E-state index in [9.17, 15) is 19.6 Å². The molecule has 0 radical (unpaired) electrons. The first-order valence-electron chi connectivity index (χ1n) is 13.4. The summed E-state index contributed by atoms with van der Waals surface area (Å²) in [6.07, 6.45) is 4.44. The maximum absolute atomic E-state index is 14.4. The topological polar surface area (TPSA) is 109 Å². The van der Waals surface area contributed by atoms with E-state index in [-0.39, 0.29) is 24.8 Å². The molecule has 3 aromatic rings. The van der Waals surface area contributed by atoms with Crippen LogP contribution in [0.5, 0.6) is 0 Å². The molecule has 0 aromatic heterocycles. The highest BCUT2D eigenvalue weighted by molar-refractivity contribution is 6.29. The van der Waals surface area contributed by atoms with Gasteiger partial charge in [-0.15, -0.1) is 0 Å². The number of imide groups is 1. The Morgan fingerprint density at radius 3 is 2.55 bits per heavy atom. The lowest BCUT2D eigenvalue weighted by Crippen LogP contribution is -2.67. The molecule has 3 fully saturated rings. The maximum Gasteiger partial charge on any atom is 0.330 e. The Kier molecular flexibility index (Phi) is 6.10. The molecule has 2 bridgehead atoms. The van der Waals surface area contributed by atoms with Crippen molar-refractivity contribution in [3.05, 3.63) is 90.0 Å². The Morgan fingerprint density at radius 2 is 1.82 bits per heavy atom. The third-order valence-corrected chi connectivity index (χ3v) is 8.81. The molecule has 0 spiro atoms. The fourth-order valence-electron chi connectivity index (χ4n) is 7.08. The van der Waals surface area contributed by atoms with Crippen LogP contribution in [0, 0.1) is 17.2 Å². The summed E-state index contributed by atoms with van der Waals surface area (Å²) in [6, 6.07) is 22.2. The number of rotatable bonds is 7. The number of fused-ring (bicyclic) bond motifs is 6. The second kappa shape index (κ2) is 9.40. The van der Waals surface area contributed by atoms with E-state index >= 15 is 0 Å². The van der Waals surface area contributed by atoms with Gasteiger partial charge in [-0.05, 0) is 50.9 Å². The quantitative estimate of drug-likeness (QED) is 0.275. The first-order valence-corrected chi connectivity index (χ1v) is 13.4. The summed E-state index contributed by atoms with van der Waals surface area (Å²) < 4.78 is 12.0. The van der Waals surface area contributed by atoms with E-state index in [1.54, 1.807) is 25.3 Å². The molecule has 202 valence electrons. The van der Waals surface area contributed by atoms with E-state index < -0.39 is 28.6 Å². The van der Waals surface area contributed by atoms with Crippen LogP contribution in [0.3, 0.4) is 0 Å². The van der Waals surface area contributed by atoms with Gasteiger partial charge in [0, 0.05) is 16.8 Å². The van der Waals surface area contributed by atoms with Gasteiger partial charge in [-0.3, -0.25) is 9.59 Å². The molecule has 1 N–H and O–H groups in total. The minimum Gasteiger partial charge on any atom is -0.458 e. The largest absolute Gasteiger partial charge is 0.458 e. The second-order valence-electron chi connectivity index (χ2n) is 10.9. The lowest BCUT2D eigenvalue weighted by molar-refractivity contribution is -0.139.